The quantitative estimate of drug-likeness (QED) is 0.800. The molecule has 0 radical (unpaired) electrons. The molecule has 0 atom stereocenters. The molecule has 0 heterocycles. The van der Waals surface area contributed by atoms with Crippen LogP contribution < -0.4 is 5.32 Å². The molecule has 1 aromatic carbocycles. The van der Waals surface area contributed by atoms with Crippen LogP contribution in [0.1, 0.15) is 33.3 Å². The summed E-state index contributed by atoms with van der Waals surface area (Å²) < 4.78 is 1.13. The smallest absolute Gasteiger partial charge is 0.0181 e. The Bertz CT molecular complexity index is 394. The van der Waals surface area contributed by atoms with E-state index in [2.05, 4.69) is 79.3 Å². The van der Waals surface area contributed by atoms with Crippen LogP contribution in [0.25, 0.3) is 6.08 Å². The van der Waals surface area contributed by atoms with Gasteiger partial charge < -0.3 is 5.32 Å². The average Bonchev–Trinajstić information content (AvgIpc) is 2.27. The SMILES string of the molecule is CC(C)CNCC(=Cc1cccc(Br)c1)C(C)C. The van der Waals surface area contributed by atoms with Crippen molar-refractivity contribution in [1.82, 2.24) is 5.32 Å². The summed E-state index contributed by atoms with van der Waals surface area (Å²) in [5.74, 6) is 1.27. The third kappa shape index (κ3) is 5.83. The summed E-state index contributed by atoms with van der Waals surface area (Å²) in [4.78, 5) is 0. The van der Waals surface area contributed by atoms with Crippen molar-refractivity contribution in [1.29, 1.82) is 0 Å². The van der Waals surface area contributed by atoms with E-state index in [4.69, 9.17) is 0 Å². The van der Waals surface area contributed by atoms with Crippen LogP contribution in [-0.4, -0.2) is 13.1 Å². The highest BCUT2D eigenvalue weighted by Gasteiger charge is 2.04. The minimum Gasteiger partial charge on any atom is -0.313 e. The molecule has 1 aromatic rings. The van der Waals surface area contributed by atoms with E-state index in [0.29, 0.717) is 11.8 Å². The number of halogens is 1. The molecule has 18 heavy (non-hydrogen) atoms. The monoisotopic (exact) mass is 309 g/mol. The van der Waals surface area contributed by atoms with Crippen LogP contribution in [0, 0.1) is 11.8 Å². The standard InChI is InChI=1S/C16H24BrN/c1-12(2)10-18-11-15(13(3)4)8-14-6-5-7-16(17)9-14/h5-9,12-13,18H,10-11H2,1-4H3. The summed E-state index contributed by atoms with van der Waals surface area (Å²) in [5.41, 5.74) is 2.72. The average molecular weight is 310 g/mol. The zero-order valence-electron chi connectivity index (χ0n) is 11.8. The highest BCUT2D eigenvalue weighted by Crippen LogP contribution is 2.17. The minimum absolute atomic E-state index is 0.573. The van der Waals surface area contributed by atoms with E-state index in [-0.39, 0.29) is 0 Å². The Morgan fingerprint density at radius 1 is 1.28 bits per heavy atom. The molecule has 2 heteroatoms. The second-order valence-electron chi connectivity index (χ2n) is 5.45. The second kappa shape index (κ2) is 7.75. The molecule has 1 N–H and O–H groups in total. The van der Waals surface area contributed by atoms with Gasteiger partial charge in [0.25, 0.3) is 0 Å². The first-order valence-electron chi connectivity index (χ1n) is 6.65. The van der Waals surface area contributed by atoms with Gasteiger partial charge in [0.1, 0.15) is 0 Å². The fourth-order valence-corrected chi connectivity index (χ4v) is 2.15. The fourth-order valence-electron chi connectivity index (χ4n) is 1.74. The van der Waals surface area contributed by atoms with Crippen molar-refractivity contribution in [2.45, 2.75) is 27.7 Å². The van der Waals surface area contributed by atoms with Gasteiger partial charge in [0.15, 0.2) is 0 Å². The van der Waals surface area contributed by atoms with Crippen molar-refractivity contribution < 1.29 is 0 Å². The number of benzene rings is 1. The van der Waals surface area contributed by atoms with E-state index in [1.165, 1.54) is 11.1 Å². The first kappa shape index (κ1) is 15.5. The highest BCUT2D eigenvalue weighted by atomic mass is 79.9. The van der Waals surface area contributed by atoms with Crippen molar-refractivity contribution in [3.63, 3.8) is 0 Å². The van der Waals surface area contributed by atoms with Gasteiger partial charge in [0, 0.05) is 11.0 Å². The normalized spacial score (nSPS) is 12.5. The summed E-state index contributed by atoms with van der Waals surface area (Å²) >= 11 is 3.52. The number of hydrogen-bond donors (Lipinski definition) is 1. The van der Waals surface area contributed by atoms with E-state index in [0.717, 1.165) is 17.6 Å². The lowest BCUT2D eigenvalue weighted by Crippen LogP contribution is -2.23. The molecule has 0 fully saturated rings. The largest absolute Gasteiger partial charge is 0.313 e. The molecule has 1 nitrogen and oxygen atoms in total. The number of nitrogens with one attached hydrogen (secondary N) is 1. The minimum atomic E-state index is 0.573. The number of hydrogen-bond acceptors (Lipinski definition) is 1. The van der Waals surface area contributed by atoms with Crippen molar-refractivity contribution in [3.8, 4) is 0 Å². The molecule has 0 saturated carbocycles. The Morgan fingerprint density at radius 3 is 2.56 bits per heavy atom. The van der Waals surface area contributed by atoms with Crippen molar-refractivity contribution in [2.24, 2.45) is 11.8 Å². The molecule has 0 amide bonds. The summed E-state index contributed by atoms with van der Waals surface area (Å²) in [6.45, 7) is 11.0. The molecule has 0 aromatic heterocycles. The Labute approximate surface area is 120 Å². The van der Waals surface area contributed by atoms with Gasteiger partial charge in [0.05, 0.1) is 0 Å². The van der Waals surface area contributed by atoms with Gasteiger partial charge in [-0.15, -0.1) is 0 Å². The molecule has 0 unspecified atom stereocenters. The van der Waals surface area contributed by atoms with E-state index in [1.807, 2.05) is 0 Å². The topological polar surface area (TPSA) is 12.0 Å². The predicted molar refractivity (Wildman–Crippen MR) is 84.7 cm³/mol. The van der Waals surface area contributed by atoms with Crippen LogP contribution in [0.5, 0.6) is 0 Å². The maximum atomic E-state index is 3.52. The fraction of sp³-hybridized carbons (Fsp3) is 0.500. The van der Waals surface area contributed by atoms with Crippen molar-refractivity contribution >= 4 is 22.0 Å². The summed E-state index contributed by atoms with van der Waals surface area (Å²) in [6, 6.07) is 8.44. The molecular weight excluding hydrogens is 286 g/mol. The van der Waals surface area contributed by atoms with Gasteiger partial charge in [-0.2, -0.15) is 0 Å². The van der Waals surface area contributed by atoms with Gasteiger partial charge in [-0.1, -0.05) is 67.4 Å². The lowest BCUT2D eigenvalue weighted by molar-refractivity contribution is 0.558. The van der Waals surface area contributed by atoms with Crippen LogP contribution in [0.3, 0.4) is 0 Å². The molecule has 0 aliphatic rings. The highest BCUT2D eigenvalue weighted by molar-refractivity contribution is 9.10. The Kier molecular flexibility index (Phi) is 6.66. The molecule has 0 aliphatic heterocycles. The molecule has 0 saturated heterocycles. The second-order valence-corrected chi connectivity index (χ2v) is 6.37. The Balaban J connectivity index is 2.72. The van der Waals surface area contributed by atoms with Gasteiger partial charge in [-0.25, -0.2) is 0 Å². The van der Waals surface area contributed by atoms with Crippen LogP contribution in [-0.2, 0) is 0 Å². The van der Waals surface area contributed by atoms with E-state index >= 15 is 0 Å². The molecule has 0 spiro atoms. The first-order chi connectivity index (χ1) is 8.49. The lowest BCUT2D eigenvalue weighted by atomic mass is 10.00. The van der Waals surface area contributed by atoms with Crippen LogP contribution in [0.2, 0.25) is 0 Å². The number of rotatable bonds is 6. The van der Waals surface area contributed by atoms with Crippen LogP contribution in [0.4, 0.5) is 0 Å². The van der Waals surface area contributed by atoms with E-state index in [1.54, 1.807) is 0 Å². The molecule has 100 valence electrons. The van der Waals surface area contributed by atoms with Gasteiger partial charge in [-0.3, -0.25) is 0 Å². The van der Waals surface area contributed by atoms with Crippen LogP contribution in [0.15, 0.2) is 34.3 Å². The first-order valence-corrected chi connectivity index (χ1v) is 7.45. The third-order valence-corrected chi connectivity index (χ3v) is 3.32. The summed E-state index contributed by atoms with van der Waals surface area (Å²) in [6.07, 6.45) is 2.29. The van der Waals surface area contributed by atoms with Crippen LogP contribution >= 0.6 is 15.9 Å². The van der Waals surface area contributed by atoms with Crippen molar-refractivity contribution in [3.05, 3.63) is 39.9 Å². The third-order valence-electron chi connectivity index (χ3n) is 2.82. The van der Waals surface area contributed by atoms with Gasteiger partial charge in [-0.05, 0) is 36.1 Å². The summed E-state index contributed by atoms with van der Waals surface area (Å²) in [7, 11) is 0. The lowest BCUT2D eigenvalue weighted by Gasteiger charge is -2.14. The molecule has 0 aliphatic carbocycles. The van der Waals surface area contributed by atoms with E-state index < -0.39 is 0 Å². The molecule has 1 rings (SSSR count). The Morgan fingerprint density at radius 2 is 2.00 bits per heavy atom. The van der Waals surface area contributed by atoms with Gasteiger partial charge >= 0.3 is 0 Å². The Hall–Kier alpha value is -0.600. The summed E-state index contributed by atoms with van der Waals surface area (Å²) in [5, 5.41) is 3.52. The maximum absolute atomic E-state index is 3.52. The molecular formula is C16H24BrN. The predicted octanol–water partition coefficient (Wildman–Crippen LogP) is 4.73. The maximum Gasteiger partial charge on any atom is 0.0181 e. The van der Waals surface area contributed by atoms with E-state index in [9.17, 15) is 0 Å². The van der Waals surface area contributed by atoms with Crippen molar-refractivity contribution in [2.75, 3.05) is 13.1 Å². The zero-order valence-corrected chi connectivity index (χ0v) is 13.4. The molecule has 0 bridgehead atoms. The zero-order chi connectivity index (χ0) is 13.5. The van der Waals surface area contributed by atoms with Gasteiger partial charge in [0.2, 0.25) is 0 Å².